The summed E-state index contributed by atoms with van der Waals surface area (Å²) in [5.74, 6) is 0.234. The third-order valence-corrected chi connectivity index (χ3v) is 3.63. The van der Waals surface area contributed by atoms with Crippen molar-refractivity contribution in [2.75, 3.05) is 0 Å². The Hall–Kier alpha value is -2.48. The van der Waals surface area contributed by atoms with E-state index in [0.29, 0.717) is 6.42 Å². The SMILES string of the molecule is CC(=O)CCc1cccc(-c2ccc3ncccc3c2)c1. The van der Waals surface area contributed by atoms with Gasteiger partial charge in [-0.2, -0.15) is 0 Å². The van der Waals surface area contributed by atoms with Crippen molar-refractivity contribution in [3.8, 4) is 11.1 Å². The summed E-state index contributed by atoms with van der Waals surface area (Å²) in [4.78, 5) is 15.5. The number of nitrogens with zero attached hydrogens (tertiary/aromatic N) is 1. The summed E-state index contributed by atoms with van der Waals surface area (Å²) >= 11 is 0. The summed E-state index contributed by atoms with van der Waals surface area (Å²) in [6.45, 7) is 1.64. The molecule has 0 radical (unpaired) electrons. The van der Waals surface area contributed by atoms with Crippen molar-refractivity contribution in [1.29, 1.82) is 0 Å². The van der Waals surface area contributed by atoms with Crippen LogP contribution < -0.4 is 0 Å². The van der Waals surface area contributed by atoms with Crippen LogP contribution in [-0.4, -0.2) is 10.8 Å². The van der Waals surface area contributed by atoms with Gasteiger partial charge in [0.1, 0.15) is 5.78 Å². The van der Waals surface area contributed by atoms with Crippen molar-refractivity contribution in [3.05, 3.63) is 66.4 Å². The van der Waals surface area contributed by atoms with E-state index in [1.165, 1.54) is 16.7 Å². The second-order valence-electron chi connectivity index (χ2n) is 5.31. The second-order valence-corrected chi connectivity index (χ2v) is 5.31. The van der Waals surface area contributed by atoms with Gasteiger partial charge in [-0.1, -0.05) is 36.4 Å². The van der Waals surface area contributed by atoms with E-state index in [2.05, 4.69) is 47.4 Å². The third kappa shape index (κ3) is 3.16. The van der Waals surface area contributed by atoms with Crippen LogP contribution in [0, 0.1) is 0 Å². The summed E-state index contributed by atoms with van der Waals surface area (Å²) in [5, 5.41) is 1.14. The molecule has 1 heterocycles. The van der Waals surface area contributed by atoms with Gasteiger partial charge in [0.2, 0.25) is 0 Å². The third-order valence-electron chi connectivity index (χ3n) is 3.63. The van der Waals surface area contributed by atoms with Crippen LogP contribution >= 0.6 is 0 Å². The molecule has 0 atom stereocenters. The molecule has 0 aliphatic heterocycles. The number of fused-ring (bicyclic) bond motifs is 1. The number of aryl methyl sites for hydroxylation is 1. The van der Waals surface area contributed by atoms with Crippen LogP contribution in [0.1, 0.15) is 18.9 Å². The smallest absolute Gasteiger partial charge is 0.130 e. The predicted octanol–water partition coefficient (Wildman–Crippen LogP) is 4.42. The molecule has 0 amide bonds. The molecule has 0 aliphatic rings. The Labute approximate surface area is 124 Å². The van der Waals surface area contributed by atoms with Gasteiger partial charge in [-0.05, 0) is 48.2 Å². The van der Waals surface area contributed by atoms with E-state index in [-0.39, 0.29) is 5.78 Å². The fourth-order valence-electron chi connectivity index (χ4n) is 2.48. The molecular weight excluding hydrogens is 258 g/mol. The summed E-state index contributed by atoms with van der Waals surface area (Å²) in [5.41, 5.74) is 4.57. The Kier molecular flexibility index (Phi) is 3.78. The maximum atomic E-state index is 11.1. The molecule has 0 bridgehead atoms. The second kappa shape index (κ2) is 5.88. The number of benzene rings is 2. The Morgan fingerprint density at radius 1 is 1.00 bits per heavy atom. The standard InChI is InChI=1S/C19H17NO/c1-14(21)7-8-15-4-2-5-16(12-15)17-9-10-19-18(13-17)6-3-11-20-19/h2-6,9-13H,7-8H2,1H3. The van der Waals surface area contributed by atoms with Crippen LogP contribution in [0.25, 0.3) is 22.0 Å². The van der Waals surface area contributed by atoms with Gasteiger partial charge in [-0.15, -0.1) is 0 Å². The van der Waals surface area contributed by atoms with E-state index in [0.717, 1.165) is 17.3 Å². The maximum Gasteiger partial charge on any atom is 0.130 e. The molecule has 104 valence electrons. The van der Waals surface area contributed by atoms with E-state index in [1.807, 2.05) is 18.3 Å². The first-order valence-electron chi connectivity index (χ1n) is 7.16. The minimum atomic E-state index is 0.234. The van der Waals surface area contributed by atoms with Crippen LogP contribution in [0.4, 0.5) is 0 Å². The van der Waals surface area contributed by atoms with Crippen molar-refractivity contribution in [2.45, 2.75) is 19.8 Å². The average molecular weight is 275 g/mol. The number of carbonyl (C=O) groups excluding carboxylic acids is 1. The van der Waals surface area contributed by atoms with Crippen molar-refractivity contribution in [3.63, 3.8) is 0 Å². The minimum absolute atomic E-state index is 0.234. The highest BCUT2D eigenvalue weighted by molar-refractivity contribution is 5.84. The number of hydrogen-bond donors (Lipinski definition) is 0. The monoisotopic (exact) mass is 275 g/mol. The predicted molar refractivity (Wildman–Crippen MR) is 86.2 cm³/mol. The molecule has 0 fully saturated rings. The number of ketones is 1. The zero-order valence-electron chi connectivity index (χ0n) is 12.0. The van der Waals surface area contributed by atoms with Gasteiger partial charge in [0.15, 0.2) is 0 Å². The van der Waals surface area contributed by atoms with E-state index >= 15 is 0 Å². The Balaban J connectivity index is 1.94. The number of rotatable bonds is 4. The highest BCUT2D eigenvalue weighted by atomic mass is 16.1. The zero-order chi connectivity index (χ0) is 14.7. The molecule has 3 rings (SSSR count). The quantitative estimate of drug-likeness (QED) is 0.705. The number of pyridine rings is 1. The first-order valence-corrected chi connectivity index (χ1v) is 7.16. The lowest BCUT2D eigenvalue weighted by molar-refractivity contribution is -0.116. The van der Waals surface area contributed by atoms with E-state index < -0.39 is 0 Å². The first kappa shape index (κ1) is 13.5. The van der Waals surface area contributed by atoms with E-state index in [4.69, 9.17) is 0 Å². The molecule has 2 heteroatoms. The summed E-state index contributed by atoms with van der Waals surface area (Å²) in [6, 6.07) is 18.7. The Morgan fingerprint density at radius 2 is 1.86 bits per heavy atom. The van der Waals surface area contributed by atoms with Gasteiger partial charge in [0, 0.05) is 18.0 Å². The first-order chi connectivity index (χ1) is 10.2. The normalized spacial score (nSPS) is 10.7. The molecular formula is C19H17NO. The molecule has 0 N–H and O–H groups in total. The molecule has 2 aromatic carbocycles. The molecule has 0 saturated heterocycles. The number of carbonyl (C=O) groups is 1. The van der Waals surface area contributed by atoms with E-state index in [1.54, 1.807) is 6.92 Å². The van der Waals surface area contributed by atoms with Crippen LogP contribution in [-0.2, 0) is 11.2 Å². The number of aromatic nitrogens is 1. The molecule has 3 aromatic rings. The van der Waals surface area contributed by atoms with Crippen molar-refractivity contribution in [1.82, 2.24) is 4.98 Å². The summed E-state index contributed by atoms with van der Waals surface area (Å²) in [7, 11) is 0. The topological polar surface area (TPSA) is 30.0 Å². The van der Waals surface area contributed by atoms with Crippen LogP contribution in [0.2, 0.25) is 0 Å². The summed E-state index contributed by atoms with van der Waals surface area (Å²) in [6.07, 6.45) is 3.22. The van der Waals surface area contributed by atoms with Gasteiger partial charge in [0.25, 0.3) is 0 Å². The average Bonchev–Trinajstić information content (AvgIpc) is 2.53. The molecule has 0 unspecified atom stereocenters. The van der Waals surface area contributed by atoms with E-state index in [9.17, 15) is 4.79 Å². The lowest BCUT2D eigenvalue weighted by Crippen LogP contribution is -1.94. The largest absolute Gasteiger partial charge is 0.300 e. The van der Waals surface area contributed by atoms with Gasteiger partial charge in [-0.25, -0.2) is 0 Å². The fraction of sp³-hybridized carbons (Fsp3) is 0.158. The van der Waals surface area contributed by atoms with Gasteiger partial charge in [0.05, 0.1) is 5.52 Å². The molecule has 2 nitrogen and oxygen atoms in total. The molecule has 0 saturated carbocycles. The van der Waals surface area contributed by atoms with Crippen LogP contribution in [0.5, 0.6) is 0 Å². The minimum Gasteiger partial charge on any atom is -0.300 e. The Bertz CT molecular complexity index is 792. The lowest BCUT2D eigenvalue weighted by Gasteiger charge is -2.06. The lowest BCUT2D eigenvalue weighted by atomic mass is 9.99. The van der Waals surface area contributed by atoms with Crippen molar-refractivity contribution >= 4 is 16.7 Å². The molecule has 0 spiro atoms. The van der Waals surface area contributed by atoms with Crippen LogP contribution in [0.3, 0.4) is 0 Å². The fourth-order valence-corrected chi connectivity index (χ4v) is 2.48. The maximum absolute atomic E-state index is 11.1. The van der Waals surface area contributed by atoms with Gasteiger partial charge >= 0.3 is 0 Å². The number of hydrogen-bond acceptors (Lipinski definition) is 2. The molecule has 1 aromatic heterocycles. The molecule has 0 aliphatic carbocycles. The number of Topliss-reactive ketones (excluding diaryl/α,β-unsaturated/α-hetero) is 1. The van der Waals surface area contributed by atoms with Gasteiger partial charge in [-0.3, -0.25) is 4.98 Å². The van der Waals surface area contributed by atoms with Crippen molar-refractivity contribution < 1.29 is 4.79 Å². The van der Waals surface area contributed by atoms with Crippen molar-refractivity contribution in [2.24, 2.45) is 0 Å². The Morgan fingerprint density at radius 3 is 2.71 bits per heavy atom. The van der Waals surface area contributed by atoms with Gasteiger partial charge < -0.3 is 4.79 Å². The van der Waals surface area contributed by atoms with Crippen LogP contribution in [0.15, 0.2) is 60.8 Å². The zero-order valence-corrected chi connectivity index (χ0v) is 12.0. The highest BCUT2D eigenvalue weighted by Gasteiger charge is 2.02. The molecule has 21 heavy (non-hydrogen) atoms. The highest BCUT2D eigenvalue weighted by Crippen LogP contribution is 2.24. The summed E-state index contributed by atoms with van der Waals surface area (Å²) < 4.78 is 0.